The van der Waals surface area contributed by atoms with Crippen LogP contribution in [0, 0.1) is 12.7 Å². The fourth-order valence-electron chi connectivity index (χ4n) is 4.06. The van der Waals surface area contributed by atoms with E-state index in [0.29, 0.717) is 39.1 Å². The number of anilines is 2. The third-order valence-corrected chi connectivity index (χ3v) is 6.70. The van der Waals surface area contributed by atoms with Gasteiger partial charge in [-0.3, -0.25) is 4.79 Å². The molecule has 1 amide bonds. The number of ether oxygens (including phenoxy) is 1. The molecule has 1 atom stereocenters. The molecule has 0 radical (unpaired) electrons. The average molecular weight is 472 g/mol. The Balaban J connectivity index is 1.44. The Morgan fingerprint density at radius 1 is 1.03 bits per heavy atom. The summed E-state index contributed by atoms with van der Waals surface area (Å²) in [5.74, 6) is -0.155. The van der Waals surface area contributed by atoms with E-state index in [4.69, 9.17) is 4.74 Å². The monoisotopic (exact) mass is 471 g/mol. The zero-order valence-corrected chi connectivity index (χ0v) is 18.8. The van der Waals surface area contributed by atoms with Crippen molar-refractivity contribution in [1.82, 2.24) is 15.2 Å². The number of aromatic nitrogens is 3. The SMILES string of the molecule is Cc1ccc(CSc2nnc3c(n2)O[C@]2(Nc4ccccc4-3)C(=O)Nc3ccc(F)cc32)cc1. The van der Waals surface area contributed by atoms with Crippen molar-refractivity contribution < 1.29 is 13.9 Å². The van der Waals surface area contributed by atoms with Gasteiger partial charge in [-0.25, -0.2) is 4.39 Å². The number of hydrogen-bond acceptors (Lipinski definition) is 7. The molecule has 6 rings (SSSR count). The molecule has 0 aliphatic carbocycles. The van der Waals surface area contributed by atoms with Crippen LogP contribution in [-0.2, 0) is 16.3 Å². The quantitative estimate of drug-likeness (QED) is 0.411. The van der Waals surface area contributed by atoms with Gasteiger partial charge < -0.3 is 15.4 Å². The van der Waals surface area contributed by atoms with Gasteiger partial charge in [-0.2, -0.15) is 4.98 Å². The zero-order valence-electron chi connectivity index (χ0n) is 18.0. The van der Waals surface area contributed by atoms with Crippen molar-refractivity contribution in [3.8, 4) is 17.1 Å². The summed E-state index contributed by atoms with van der Waals surface area (Å²) in [6.45, 7) is 2.04. The second-order valence-corrected chi connectivity index (χ2v) is 9.06. The number of nitrogens with one attached hydrogen (secondary N) is 2. The van der Waals surface area contributed by atoms with Crippen molar-refractivity contribution in [2.75, 3.05) is 10.6 Å². The lowest BCUT2D eigenvalue weighted by atomic mass is 10.0. The van der Waals surface area contributed by atoms with Crippen LogP contribution in [0.15, 0.2) is 71.9 Å². The maximum absolute atomic E-state index is 14.2. The van der Waals surface area contributed by atoms with Gasteiger partial charge in [0.25, 0.3) is 11.6 Å². The number of halogens is 1. The fraction of sp³-hybridized carbons (Fsp3) is 0.120. The van der Waals surface area contributed by atoms with E-state index in [-0.39, 0.29) is 5.88 Å². The molecule has 2 aliphatic heterocycles. The van der Waals surface area contributed by atoms with Crippen LogP contribution in [0.2, 0.25) is 0 Å². The van der Waals surface area contributed by atoms with Gasteiger partial charge in [-0.05, 0) is 36.8 Å². The molecule has 9 heteroatoms. The molecule has 0 saturated heterocycles. The van der Waals surface area contributed by atoms with Gasteiger partial charge in [-0.1, -0.05) is 59.8 Å². The van der Waals surface area contributed by atoms with Crippen molar-refractivity contribution in [2.24, 2.45) is 0 Å². The number of hydrogen-bond donors (Lipinski definition) is 2. The van der Waals surface area contributed by atoms with Crippen molar-refractivity contribution in [1.29, 1.82) is 0 Å². The van der Waals surface area contributed by atoms with Gasteiger partial charge >= 0.3 is 0 Å². The Hall–Kier alpha value is -3.98. The molecule has 168 valence electrons. The Labute approximate surface area is 198 Å². The van der Waals surface area contributed by atoms with E-state index in [1.54, 1.807) is 0 Å². The minimum atomic E-state index is -1.70. The van der Waals surface area contributed by atoms with Gasteiger partial charge in [-0.15, -0.1) is 10.2 Å². The van der Waals surface area contributed by atoms with E-state index in [2.05, 4.69) is 50.1 Å². The van der Waals surface area contributed by atoms with Crippen LogP contribution < -0.4 is 15.4 Å². The highest BCUT2D eigenvalue weighted by atomic mass is 32.2. The molecule has 0 fully saturated rings. The standard InChI is InChI=1S/C25H18FN5O2S/c1-14-6-8-15(9-7-14)13-34-24-28-22-21(30-31-24)17-4-2-3-5-19(17)29-25(33-22)18-12-16(26)10-11-20(18)27-23(25)32/h2-12,29H,13H2,1H3,(H,27,32)/t25-/m0/s1. The Kier molecular flexibility index (Phi) is 4.73. The molecular formula is C25H18FN5O2S. The number of amides is 1. The highest BCUT2D eigenvalue weighted by Crippen LogP contribution is 2.46. The molecule has 7 nitrogen and oxygen atoms in total. The first kappa shape index (κ1) is 20.6. The molecule has 0 saturated carbocycles. The van der Waals surface area contributed by atoms with Gasteiger partial charge in [0.05, 0.1) is 11.3 Å². The molecule has 0 unspecified atom stereocenters. The third-order valence-electron chi connectivity index (χ3n) is 5.80. The lowest BCUT2D eigenvalue weighted by molar-refractivity contribution is -0.128. The number of carbonyl (C=O) groups excluding carboxylic acids is 1. The second-order valence-electron chi connectivity index (χ2n) is 8.12. The molecular weight excluding hydrogens is 453 g/mol. The first-order valence-corrected chi connectivity index (χ1v) is 11.6. The first-order chi connectivity index (χ1) is 16.5. The van der Waals surface area contributed by atoms with E-state index < -0.39 is 17.4 Å². The lowest BCUT2D eigenvalue weighted by Gasteiger charge is -2.28. The molecule has 2 N–H and O–H groups in total. The average Bonchev–Trinajstić information content (AvgIpc) is 3.00. The molecule has 2 aliphatic rings. The molecule has 3 heterocycles. The van der Waals surface area contributed by atoms with Crippen LogP contribution in [0.3, 0.4) is 0 Å². The minimum Gasteiger partial charge on any atom is -0.435 e. The summed E-state index contributed by atoms with van der Waals surface area (Å²) in [7, 11) is 0. The number of nitrogens with zero attached hydrogens (tertiary/aromatic N) is 3. The van der Waals surface area contributed by atoms with Crippen molar-refractivity contribution >= 4 is 29.0 Å². The molecule has 1 aromatic heterocycles. The Bertz CT molecular complexity index is 1450. The predicted octanol–water partition coefficient (Wildman–Crippen LogP) is 4.89. The van der Waals surface area contributed by atoms with Crippen LogP contribution in [-0.4, -0.2) is 21.1 Å². The van der Waals surface area contributed by atoms with Gasteiger partial charge in [0.1, 0.15) is 5.82 Å². The normalized spacial score (nSPS) is 17.6. The lowest BCUT2D eigenvalue weighted by Crippen LogP contribution is -2.47. The van der Waals surface area contributed by atoms with Crippen molar-refractivity contribution in [3.05, 3.63) is 89.2 Å². The van der Waals surface area contributed by atoms with Crippen molar-refractivity contribution in [2.45, 2.75) is 23.6 Å². The minimum absolute atomic E-state index is 0.145. The molecule has 34 heavy (non-hydrogen) atoms. The number of fused-ring (bicyclic) bond motifs is 5. The first-order valence-electron chi connectivity index (χ1n) is 10.6. The van der Waals surface area contributed by atoms with E-state index >= 15 is 0 Å². The van der Waals surface area contributed by atoms with Gasteiger partial charge in [0, 0.05) is 17.0 Å². The second kappa shape index (κ2) is 7.81. The van der Waals surface area contributed by atoms with Crippen LogP contribution >= 0.6 is 11.8 Å². The highest BCUT2D eigenvalue weighted by molar-refractivity contribution is 7.98. The zero-order chi connectivity index (χ0) is 23.3. The Morgan fingerprint density at radius 3 is 2.71 bits per heavy atom. The van der Waals surface area contributed by atoms with Gasteiger partial charge in [0.2, 0.25) is 11.0 Å². The van der Waals surface area contributed by atoms with Crippen molar-refractivity contribution in [3.63, 3.8) is 0 Å². The molecule has 3 aromatic carbocycles. The number of rotatable bonds is 3. The molecule has 4 aromatic rings. The third kappa shape index (κ3) is 3.36. The fourth-order valence-corrected chi connectivity index (χ4v) is 4.80. The number of thioether (sulfide) groups is 1. The van der Waals surface area contributed by atoms with E-state index in [9.17, 15) is 9.18 Å². The summed E-state index contributed by atoms with van der Waals surface area (Å²) < 4.78 is 20.5. The Morgan fingerprint density at radius 2 is 1.85 bits per heavy atom. The predicted molar refractivity (Wildman–Crippen MR) is 127 cm³/mol. The summed E-state index contributed by atoms with van der Waals surface area (Å²) in [4.78, 5) is 17.8. The van der Waals surface area contributed by atoms with E-state index in [1.807, 2.05) is 31.2 Å². The van der Waals surface area contributed by atoms with Crippen LogP contribution in [0.1, 0.15) is 16.7 Å². The molecule has 0 bridgehead atoms. The summed E-state index contributed by atoms with van der Waals surface area (Å²) in [5.41, 5.74) is 3.10. The maximum atomic E-state index is 14.2. The number of para-hydroxylation sites is 1. The maximum Gasteiger partial charge on any atom is 0.295 e. The summed E-state index contributed by atoms with van der Waals surface area (Å²) in [6.07, 6.45) is 0. The van der Waals surface area contributed by atoms with E-state index in [0.717, 1.165) is 5.56 Å². The smallest absolute Gasteiger partial charge is 0.295 e. The number of carbonyl (C=O) groups is 1. The highest BCUT2D eigenvalue weighted by Gasteiger charge is 2.52. The van der Waals surface area contributed by atoms with Gasteiger partial charge in [0.15, 0.2) is 5.69 Å². The largest absolute Gasteiger partial charge is 0.435 e. The van der Waals surface area contributed by atoms with Crippen LogP contribution in [0.4, 0.5) is 15.8 Å². The summed E-state index contributed by atoms with van der Waals surface area (Å²) in [5, 5.41) is 15.1. The van der Waals surface area contributed by atoms with E-state index in [1.165, 1.54) is 35.5 Å². The summed E-state index contributed by atoms with van der Waals surface area (Å²) >= 11 is 1.41. The molecule has 1 spiro atoms. The van der Waals surface area contributed by atoms with Crippen LogP contribution in [0.5, 0.6) is 5.88 Å². The van der Waals surface area contributed by atoms with Crippen LogP contribution in [0.25, 0.3) is 11.3 Å². The summed E-state index contributed by atoms with van der Waals surface area (Å²) in [6, 6.07) is 19.6. The number of aryl methyl sites for hydroxylation is 1. The number of benzene rings is 3. The topological polar surface area (TPSA) is 89.0 Å².